The molecular formula is C19H16Cl2O3. The highest BCUT2D eigenvalue weighted by atomic mass is 35.5. The van der Waals surface area contributed by atoms with Crippen molar-refractivity contribution in [2.75, 3.05) is 0 Å². The molecule has 0 N–H and O–H groups in total. The number of aryl methyl sites for hydroxylation is 2. The summed E-state index contributed by atoms with van der Waals surface area (Å²) in [5.41, 5.74) is 2.82. The fourth-order valence-electron chi connectivity index (χ4n) is 2.65. The van der Waals surface area contributed by atoms with Crippen LogP contribution in [0.3, 0.4) is 0 Å². The van der Waals surface area contributed by atoms with Crippen molar-refractivity contribution in [2.45, 2.75) is 26.9 Å². The highest BCUT2D eigenvalue weighted by molar-refractivity contribution is 6.35. The number of hydrogen-bond acceptors (Lipinski definition) is 3. The SMILES string of the molecule is CCc1cc(=O)oc2c(C)c(OCc3ccc(Cl)cc3Cl)ccc12. The lowest BCUT2D eigenvalue weighted by Crippen LogP contribution is -2.03. The fraction of sp³-hybridized carbons (Fsp3) is 0.211. The number of fused-ring (bicyclic) bond motifs is 1. The molecule has 1 heterocycles. The van der Waals surface area contributed by atoms with Gasteiger partial charge in [-0.1, -0.05) is 36.2 Å². The van der Waals surface area contributed by atoms with Crippen LogP contribution in [-0.2, 0) is 13.0 Å². The van der Waals surface area contributed by atoms with Crippen molar-refractivity contribution >= 4 is 34.2 Å². The van der Waals surface area contributed by atoms with E-state index in [1.165, 1.54) is 6.07 Å². The third-order valence-corrected chi connectivity index (χ3v) is 4.56. The molecule has 0 saturated heterocycles. The van der Waals surface area contributed by atoms with Gasteiger partial charge in [-0.3, -0.25) is 0 Å². The van der Waals surface area contributed by atoms with Gasteiger partial charge in [0.25, 0.3) is 0 Å². The van der Waals surface area contributed by atoms with E-state index in [9.17, 15) is 4.79 Å². The molecule has 5 heteroatoms. The monoisotopic (exact) mass is 362 g/mol. The molecule has 124 valence electrons. The zero-order chi connectivity index (χ0) is 17.3. The number of ether oxygens (including phenoxy) is 1. The molecular weight excluding hydrogens is 347 g/mol. The van der Waals surface area contributed by atoms with Gasteiger partial charge in [-0.25, -0.2) is 4.79 Å². The Bertz CT molecular complexity index is 961. The molecule has 24 heavy (non-hydrogen) atoms. The number of hydrogen-bond donors (Lipinski definition) is 0. The Morgan fingerprint density at radius 2 is 1.88 bits per heavy atom. The summed E-state index contributed by atoms with van der Waals surface area (Å²) in [5, 5.41) is 2.08. The summed E-state index contributed by atoms with van der Waals surface area (Å²) in [6.07, 6.45) is 0.766. The number of rotatable bonds is 4. The Labute approximate surface area is 149 Å². The number of halogens is 2. The highest BCUT2D eigenvalue weighted by Crippen LogP contribution is 2.30. The first kappa shape index (κ1) is 16.9. The summed E-state index contributed by atoms with van der Waals surface area (Å²) in [5.74, 6) is 0.657. The van der Waals surface area contributed by atoms with E-state index in [4.69, 9.17) is 32.4 Å². The second-order valence-corrected chi connectivity index (χ2v) is 6.38. The van der Waals surface area contributed by atoms with Crippen molar-refractivity contribution in [2.24, 2.45) is 0 Å². The van der Waals surface area contributed by atoms with Gasteiger partial charge >= 0.3 is 5.63 Å². The molecule has 0 bridgehead atoms. The lowest BCUT2D eigenvalue weighted by Gasteiger charge is -2.12. The van der Waals surface area contributed by atoms with Crippen LogP contribution in [0.5, 0.6) is 5.75 Å². The van der Waals surface area contributed by atoms with Crippen LogP contribution in [0.1, 0.15) is 23.6 Å². The molecule has 2 aromatic carbocycles. The van der Waals surface area contributed by atoms with Crippen molar-refractivity contribution < 1.29 is 9.15 Å². The topological polar surface area (TPSA) is 39.4 Å². The van der Waals surface area contributed by atoms with Gasteiger partial charge in [0.2, 0.25) is 0 Å². The van der Waals surface area contributed by atoms with Gasteiger partial charge in [-0.05, 0) is 43.2 Å². The first-order valence-electron chi connectivity index (χ1n) is 7.62. The van der Waals surface area contributed by atoms with E-state index in [0.717, 1.165) is 28.5 Å². The van der Waals surface area contributed by atoms with Gasteiger partial charge in [-0.15, -0.1) is 0 Å². The van der Waals surface area contributed by atoms with Gasteiger partial charge in [0.15, 0.2) is 0 Å². The molecule has 3 rings (SSSR count). The van der Waals surface area contributed by atoms with Crippen molar-refractivity contribution in [1.29, 1.82) is 0 Å². The summed E-state index contributed by atoms with van der Waals surface area (Å²) < 4.78 is 11.3. The standard InChI is InChI=1S/C19H16Cl2O3/c1-3-12-8-18(22)24-19-11(2)17(7-6-15(12)19)23-10-13-4-5-14(20)9-16(13)21/h4-9H,3,10H2,1-2H3. The zero-order valence-electron chi connectivity index (χ0n) is 13.4. The highest BCUT2D eigenvalue weighted by Gasteiger charge is 2.12. The zero-order valence-corrected chi connectivity index (χ0v) is 14.9. The Hall–Kier alpha value is -1.97. The van der Waals surface area contributed by atoms with Crippen LogP contribution < -0.4 is 10.4 Å². The fourth-order valence-corrected chi connectivity index (χ4v) is 3.11. The predicted octanol–water partition coefficient (Wildman–Crippen LogP) is 5.55. The summed E-state index contributed by atoms with van der Waals surface area (Å²) in [6.45, 7) is 4.19. The van der Waals surface area contributed by atoms with E-state index in [1.807, 2.05) is 32.0 Å². The molecule has 3 aromatic rings. The van der Waals surface area contributed by atoms with Crippen LogP contribution in [0.2, 0.25) is 10.0 Å². The van der Waals surface area contributed by atoms with Crippen molar-refractivity contribution in [3.8, 4) is 5.75 Å². The Morgan fingerprint density at radius 3 is 2.58 bits per heavy atom. The normalized spacial score (nSPS) is 11.0. The third kappa shape index (κ3) is 3.28. The van der Waals surface area contributed by atoms with E-state index in [-0.39, 0.29) is 5.63 Å². The molecule has 0 aliphatic heterocycles. The smallest absolute Gasteiger partial charge is 0.336 e. The molecule has 0 spiro atoms. The first-order valence-corrected chi connectivity index (χ1v) is 8.38. The third-order valence-electron chi connectivity index (χ3n) is 3.98. The molecule has 0 radical (unpaired) electrons. The molecule has 0 aliphatic carbocycles. The van der Waals surface area contributed by atoms with E-state index >= 15 is 0 Å². The van der Waals surface area contributed by atoms with Crippen LogP contribution in [0.15, 0.2) is 45.6 Å². The molecule has 1 aromatic heterocycles. The van der Waals surface area contributed by atoms with Crippen LogP contribution >= 0.6 is 23.2 Å². The van der Waals surface area contributed by atoms with E-state index in [1.54, 1.807) is 12.1 Å². The second kappa shape index (κ2) is 6.88. The molecule has 0 aliphatic rings. The summed E-state index contributed by atoms with van der Waals surface area (Å²) in [6, 6.07) is 10.6. The average molecular weight is 363 g/mol. The lowest BCUT2D eigenvalue weighted by molar-refractivity contribution is 0.304. The lowest BCUT2D eigenvalue weighted by atomic mass is 10.0. The molecule has 3 nitrogen and oxygen atoms in total. The maximum Gasteiger partial charge on any atom is 0.336 e. The molecule has 0 amide bonds. The van der Waals surface area contributed by atoms with Gasteiger partial charge < -0.3 is 9.15 Å². The van der Waals surface area contributed by atoms with Crippen molar-refractivity contribution in [3.63, 3.8) is 0 Å². The average Bonchev–Trinajstić information content (AvgIpc) is 2.55. The van der Waals surface area contributed by atoms with Crippen molar-refractivity contribution in [3.05, 3.63) is 73.6 Å². The van der Waals surface area contributed by atoms with Crippen LogP contribution in [0.25, 0.3) is 11.0 Å². The van der Waals surface area contributed by atoms with E-state index in [2.05, 4.69) is 0 Å². The second-order valence-electron chi connectivity index (χ2n) is 5.53. The maximum absolute atomic E-state index is 11.7. The minimum Gasteiger partial charge on any atom is -0.488 e. The summed E-state index contributed by atoms with van der Waals surface area (Å²) >= 11 is 12.1. The van der Waals surface area contributed by atoms with E-state index in [0.29, 0.717) is 28.0 Å². The summed E-state index contributed by atoms with van der Waals surface area (Å²) in [4.78, 5) is 11.7. The molecule has 0 atom stereocenters. The minimum absolute atomic E-state index is 0.306. The predicted molar refractivity (Wildman–Crippen MR) is 97.4 cm³/mol. The van der Waals surface area contributed by atoms with Gasteiger partial charge in [0, 0.05) is 32.6 Å². The van der Waals surface area contributed by atoms with E-state index < -0.39 is 0 Å². The minimum atomic E-state index is -0.347. The van der Waals surface area contributed by atoms with Crippen LogP contribution in [0, 0.1) is 6.92 Å². The quantitative estimate of drug-likeness (QED) is 0.571. The van der Waals surface area contributed by atoms with Gasteiger partial charge in [0.1, 0.15) is 17.9 Å². The molecule has 0 fully saturated rings. The van der Waals surface area contributed by atoms with Crippen LogP contribution in [0.4, 0.5) is 0 Å². The van der Waals surface area contributed by atoms with Crippen molar-refractivity contribution in [1.82, 2.24) is 0 Å². The Morgan fingerprint density at radius 1 is 1.08 bits per heavy atom. The first-order chi connectivity index (χ1) is 11.5. The molecule has 0 saturated carbocycles. The largest absolute Gasteiger partial charge is 0.488 e. The van der Waals surface area contributed by atoms with Gasteiger partial charge in [0.05, 0.1) is 0 Å². The molecule has 0 unspecified atom stereocenters. The maximum atomic E-state index is 11.7. The van der Waals surface area contributed by atoms with Crippen LogP contribution in [-0.4, -0.2) is 0 Å². The summed E-state index contributed by atoms with van der Waals surface area (Å²) in [7, 11) is 0. The Kier molecular flexibility index (Phi) is 4.83. The number of benzene rings is 2. The van der Waals surface area contributed by atoms with Gasteiger partial charge in [-0.2, -0.15) is 0 Å². The Balaban J connectivity index is 1.95.